The lowest BCUT2D eigenvalue weighted by atomic mass is 9.83. The van der Waals surface area contributed by atoms with Crippen molar-refractivity contribution in [3.63, 3.8) is 0 Å². The number of hydrogen-bond acceptors (Lipinski definition) is 3. The molecular formula is C27H17NO3. The van der Waals surface area contributed by atoms with Gasteiger partial charge in [0.1, 0.15) is 11.2 Å². The van der Waals surface area contributed by atoms with E-state index >= 15 is 0 Å². The lowest BCUT2D eigenvalue weighted by Crippen LogP contribution is -2.14. The summed E-state index contributed by atoms with van der Waals surface area (Å²) >= 11 is 0. The molecule has 1 aromatic heterocycles. The number of para-hydroxylation sites is 2. The normalized spacial score (nSPS) is 13.7. The molecule has 0 fully saturated rings. The molecule has 0 N–H and O–H groups in total. The topological polar surface area (TPSA) is 56.3 Å². The van der Waals surface area contributed by atoms with Crippen LogP contribution >= 0.6 is 0 Å². The van der Waals surface area contributed by atoms with Crippen LogP contribution in [-0.2, 0) is 5.41 Å². The van der Waals surface area contributed by atoms with Gasteiger partial charge in [0.25, 0.3) is 5.69 Å². The van der Waals surface area contributed by atoms with E-state index in [0.717, 1.165) is 38.6 Å². The Kier molecular flexibility index (Phi) is 3.41. The molecule has 1 heterocycles. The van der Waals surface area contributed by atoms with Gasteiger partial charge in [-0.1, -0.05) is 68.4 Å². The summed E-state index contributed by atoms with van der Waals surface area (Å²) < 4.78 is 6.52. The van der Waals surface area contributed by atoms with Gasteiger partial charge in [-0.05, 0) is 29.3 Å². The molecule has 4 heteroatoms. The van der Waals surface area contributed by atoms with Gasteiger partial charge in [-0.15, -0.1) is 0 Å². The molecule has 0 spiro atoms. The van der Waals surface area contributed by atoms with Crippen molar-refractivity contribution in [1.29, 1.82) is 0 Å². The summed E-state index contributed by atoms with van der Waals surface area (Å²) in [6.45, 7) is 4.38. The van der Waals surface area contributed by atoms with Crippen LogP contribution < -0.4 is 0 Å². The Morgan fingerprint density at radius 3 is 2.48 bits per heavy atom. The van der Waals surface area contributed by atoms with Crippen molar-refractivity contribution in [3.8, 4) is 22.3 Å². The highest BCUT2D eigenvalue weighted by Gasteiger charge is 2.38. The first kappa shape index (κ1) is 17.7. The number of benzene rings is 3. The summed E-state index contributed by atoms with van der Waals surface area (Å²) in [5, 5.41) is 13.6. The summed E-state index contributed by atoms with van der Waals surface area (Å²) in [5.74, 6) is 0. The molecule has 0 unspecified atom stereocenters. The molecule has 5 aromatic rings. The summed E-state index contributed by atoms with van der Waals surface area (Å²) in [6.07, 6.45) is 0. The minimum atomic E-state index is -0.348. The van der Waals surface area contributed by atoms with E-state index in [1.165, 1.54) is 11.6 Å². The van der Waals surface area contributed by atoms with Crippen LogP contribution in [0.2, 0.25) is 0 Å². The minimum Gasteiger partial charge on any atom is -0.455 e. The zero-order valence-electron chi connectivity index (χ0n) is 17.0. The Labute approximate surface area is 178 Å². The van der Waals surface area contributed by atoms with Crippen LogP contribution in [0.4, 0.5) is 5.69 Å². The maximum atomic E-state index is 11.6. The number of furan rings is 1. The average Bonchev–Trinajstić information content (AvgIpc) is 3.27. The van der Waals surface area contributed by atoms with Crippen LogP contribution in [-0.4, -0.2) is 4.92 Å². The van der Waals surface area contributed by atoms with Gasteiger partial charge in [-0.2, -0.15) is 0 Å². The molecule has 0 radical (unpaired) electrons. The number of fused-ring (bicyclic) bond motifs is 7. The van der Waals surface area contributed by atoms with Gasteiger partial charge in [0, 0.05) is 38.9 Å². The van der Waals surface area contributed by atoms with Gasteiger partial charge in [0.15, 0.2) is 0 Å². The number of nitrogens with zero attached hydrogens (tertiary/aromatic N) is 1. The van der Waals surface area contributed by atoms with E-state index in [9.17, 15) is 10.1 Å². The fourth-order valence-electron chi connectivity index (χ4n) is 4.95. The Hall–Kier alpha value is -4.10. The van der Waals surface area contributed by atoms with Crippen molar-refractivity contribution in [1.82, 2.24) is 0 Å². The zero-order chi connectivity index (χ0) is 21.3. The molecule has 148 valence electrons. The predicted molar refractivity (Wildman–Crippen MR) is 121 cm³/mol. The molecule has 4 nitrogen and oxygen atoms in total. The highest BCUT2D eigenvalue weighted by atomic mass is 16.6. The highest BCUT2D eigenvalue weighted by molar-refractivity contribution is 6.14. The number of rotatable bonds is 2. The maximum absolute atomic E-state index is 11.6. The van der Waals surface area contributed by atoms with Crippen molar-refractivity contribution in [2.24, 2.45) is 0 Å². The highest BCUT2D eigenvalue weighted by Crippen LogP contribution is 2.52. The number of nitro benzene ring substituents is 1. The summed E-state index contributed by atoms with van der Waals surface area (Å²) in [6, 6.07) is 27.2. The molecule has 0 atom stereocenters. The molecule has 0 saturated heterocycles. The predicted octanol–water partition coefficient (Wildman–Crippen LogP) is 7.07. The lowest BCUT2D eigenvalue weighted by molar-refractivity contribution is -0.384. The van der Waals surface area contributed by atoms with Gasteiger partial charge < -0.3 is 4.42 Å². The number of nitro groups is 1. The molecule has 0 amide bonds. The van der Waals surface area contributed by atoms with Gasteiger partial charge in [0.2, 0.25) is 0 Å². The maximum Gasteiger partial charge on any atom is 0.277 e. The first-order valence-corrected chi connectivity index (χ1v) is 10.1. The SMILES string of the molecule is CC1(C)c2c#cccc2-c2c1ccc1c2oc2c(-c3ccccc3[N+](=O)[O-])cccc21. The van der Waals surface area contributed by atoms with Gasteiger partial charge in [-0.3, -0.25) is 10.1 Å². The van der Waals surface area contributed by atoms with Crippen molar-refractivity contribution in [3.05, 3.63) is 100 Å². The van der Waals surface area contributed by atoms with Gasteiger partial charge in [0.05, 0.1) is 10.5 Å². The summed E-state index contributed by atoms with van der Waals surface area (Å²) in [7, 11) is 0. The Bertz CT molecular complexity index is 1540. The van der Waals surface area contributed by atoms with Gasteiger partial charge in [-0.25, -0.2) is 0 Å². The van der Waals surface area contributed by atoms with Crippen molar-refractivity contribution >= 4 is 27.6 Å². The molecule has 6 rings (SSSR count). The van der Waals surface area contributed by atoms with E-state index in [1.54, 1.807) is 12.1 Å². The van der Waals surface area contributed by atoms with Crippen molar-refractivity contribution < 1.29 is 9.34 Å². The third-order valence-corrected chi connectivity index (χ3v) is 6.43. The molecule has 0 saturated carbocycles. The summed E-state index contributed by atoms with van der Waals surface area (Å²) in [4.78, 5) is 11.3. The van der Waals surface area contributed by atoms with Crippen LogP contribution in [0.3, 0.4) is 0 Å². The van der Waals surface area contributed by atoms with E-state index in [0.29, 0.717) is 11.1 Å². The Balaban J connectivity index is 1.73. The second kappa shape index (κ2) is 5.96. The van der Waals surface area contributed by atoms with Crippen LogP contribution in [0.1, 0.15) is 25.0 Å². The number of hydrogen-bond donors (Lipinski definition) is 0. The van der Waals surface area contributed by atoms with Crippen LogP contribution in [0.25, 0.3) is 44.2 Å². The second-order valence-corrected chi connectivity index (χ2v) is 8.44. The van der Waals surface area contributed by atoms with E-state index in [1.807, 2.05) is 30.3 Å². The smallest absolute Gasteiger partial charge is 0.277 e. The summed E-state index contributed by atoms with van der Waals surface area (Å²) in [5.41, 5.74) is 7.10. The van der Waals surface area contributed by atoms with Crippen LogP contribution in [0, 0.1) is 22.2 Å². The Morgan fingerprint density at radius 2 is 1.65 bits per heavy atom. The molecule has 0 bridgehead atoms. The van der Waals surface area contributed by atoms with Crippen molar-refractivity contribution in [2.75, 3.05) is 0 Å². The van der Waals surface area contributed by atoms with E-state index in [-0.39, 0.29) is 16.0 Å². The standard InChI is InChI=1S/C27H17NO3/c1-27(2)21-12-5-3-9-20(21)24-22(27)15-14-19-18-11-7-10-17(25(18)31-26(19)24)16-8-4-6-13-23(16)28(29)30/h3-4,6-11,13-15H,1-2H3. The monoisotopic (exact) mass is 403 g/mol. The third kappa shape index (κ3) is 2.26. The molecule has 4 aromatic carbocycles. The van der Waals surface area contributed by atoms with E-state index in [2.05, 4.69) is 44.2 Å². The molecule has 0 aliphatic heterocycles. The van der Waals surface area contributed by atoms with Gasteiger partial charge >= 0.3 is 0 Å². The molecular weight excluding hydrogens is 386 g/mol. The average molecular weight is 403 g/mol. The second-order valence-electron chi connectivity index (χ2n) is 8.44. The van der Waals surface area contributed by atoms with E-state index in [4.69, 9.17) is 4.42 Å². The van der Waals surface area contributed by atoms with Crippen LogP contribution in [0.5, 0.6) is 0 Å². The first-order chi connectivity index (χ1) is 15.0. The lowest BCUT2D eigenvalue weighted by Gasteiger charge is -2.19. The quantitative estimate of drug-likeness (QED) is 0.234. The molecule has 1 aliphatic rings. The van der Waals surface area contributed by atoms with Crippen molar-refractivity contribution in [2.45, 2.75) is 19.3 Å². The fourth-order valence-corrected chi connectivity index (χ4v) is 4.95. The van der Waals surface area contributed by atoms with Crippen LogP contribution in [0.15, 0.2) is 71.1 Å². The third-order valence-electron chi connectivity index (χ3n) is 6.43. The first-order valence-electron chi connectivity index (χ1n) is 10.1. The minimum absolute atomic E-state index is 0.0669. The largest absolute Gasteiger partial charge is 0.455 e. The molecule has 1 aliphatic carbocycles. The van der Waals surface area contributed by atoms with E-state index < -0.39 is 0 Å². The Morgan fingerprint density at radius 1 is 0.871 bits per heavy atom. The fraction of sp³-hybridized carbons (Fsp3) is 0.111. The molecule has 31 heavy (non-hydrogen) atoms. The zero-order valence-corrected chi connectivity index (χ0v) is 17.0.